The maximum Gasteiger partial charge on any atom is 0.328 e. The highest BCUT2D eigenvalue weighted by atomic mass is 16.4. The van der Waals surface area contributed by atoms with Crippen LogP contribution in [0.4, 0.5) is 0 Å². The average molecular weight is 348 g/mol. The van der Waals surface area contributed by atoms with Crippen LogP contribution in [-0.4, -0.2) is 65.1 Å². The number of aliphatic hydroxyl groups is 1. The summed E-state index contributed by atoms with van der Waals surface area (Å²) in [5, 5.41) is 25.8. The number of amides is 2. The number of aliphatic carboxylic acids is 1. The minimum atomic E-state index is -1.48. The van der Waals surface area contributed by atoms with E-state index in [1.807, 2.05) is 0 Å². The first-order valence-electron chi connectivity index (χ1n) is 7.58. The summed E-state index contributed by atoms with van der Waals surface area (Å²) in [6, 6.07) is -3.31. The van der Waals surface area contributed by atoms with Gasteiger partial charge in [0.1, 0.15) is 12.3 Å². The number of carboxylic acid groups (broad SMARTS) is 1. The predicted molar refractivity (Wildman–Crippen MR) is 86.2 cm³/mol. The molecule has 0 heterocycles. The summed E-state index contributed by atoms with van der Waals surface area (Å²) in [6.45, 7) is 3.09. The third-order valence-corrected chi connectivity index (χ3v) is 3.14. The van der Waals surface area contributed by atoms with Crippen LogP contribution in [0.2, 0.25) is 0 Å². The Morgan fingerprint density at radius 1 is 1.04 bits per heavy atom. The summed E-state index contributed by atoms with van der Waals surface area (Å²) < 4.78 is 0. The van der Waals surface area contributed by atoms with Crippen LogP contribution < -0.4 is 33.2 Å². The third-order valence-electron chi connectivity index (χ3n) is 3.14. The molecule has 0 fully saturated rings. The normalized spacial score (nSPS) is 16.1. The first kappa shape index (κ1) is 22.2. The van der Waals surface area contributed by atoms with Gasteiger partial charge in [-0.1, -0.05) is 0 Å². The second-order valence-electron chi connectivity index (χ2n) is 5.54. The van der Waals surface area contributed by atoms with Gasteiger partial charge in [0.15, 0.2) is 6.04 Å². The molecule has 140 valence electrons. The van der Waals surface area contributed by atoms with E-state index in [2.05, 4.69) is 16.0 Å². The first-order valence-corrected chi connectivity index (χ1v) is 7.58. The van der Waals surface area contributed by atoms with Gasteiger partial charge in [0.05, 0.1) is 12.1 Å². The molecule has 11 nitrogen and oxygen atoms in total. The van der Waals surface area contributed by atoms with Crippen LogP contribution in [0.3, 0.4) is 0 Å². The molecule has 0 aliphatic rings. The van der Waals surface area contributed by atoms with Crippen LogP contribution >= 0.6 is 0 Å². The molecule has 0 aromatic rings. The number of hydrogen-bond acceptors (Lipinski definition) is 8. The summed E-state index contributed by atoms with van der Waals surface area (Å²) in [5.41, 5.74) is 16.1. The number of carboxylic acids is 1. The van der Waals surface area contributed by atoms with Crippen molar-refractivity contribution >= 4 is 17.8 Å². The van der Waals surface area contributed by atoms with Crippen LogP contribution in [0.1, 0.15) is 26.7 Å². The molecule has 0 rings (SSSR count). The van der Waals surface area contributed by atoms with Gasteiger partial charge in [0.2, 0.25) is 11.8 Å². The summed E-state index contributed by atoms with van der Waals surface area (Å²) >= 11 is 0. The van der Waals surface area contributed by atoms with Crippen LogP contribution in [-0.2, 0) is 14.4 Å². The van der Waals surface area contributed by atoms with Gasteiger partial charge < -0.3 is 38.0 Å². The SMILES string of the molecule is C[C@H](N)C(=O)N[C@@H](CCCNC(N)N)C(=O)N[C@H](C(=O)O)[C@@H](C)O. The lowest BCUT2D eigenvalue weighted by Crippen LogP contribution is -2.56. The Balaban J connectivity index is 4.84. The molecular formula is C13H28N6O5. The smallest absolute Gasteiger partial charge is 0.328 e. The van der Waals surface area contributed by atoms with E-state index in [9.17, 15) is 19.5 Å². The van der Waals surface area contributed by atoms with E-state index in [4.69, 9.17) is 22.3 Å². The van der Waals surface area contributed by atoms with Crippen molar-refractivity contribution in [3.8, 4) is 0 Å². The largest absolute Gasteiger partial charge is 0.480 e. The lowest BCUT2D eigenvalue weighted by Gasteiger charge is -2.23. The van der Waals surface area contributed by atoms with Crippen molar-refractivity contribution in [1.82, 2.24) is 16.0 Å². The quantitative estimate of drug-likeness (QED) is 0.136. The lowest BCUT2D eigenvalue weighted by molar-refractivity contribution is -0.145. The minimum Gasteiger partial charge on any atom is -0.480 e. The summed E-state index contributed by atoms with van der Waals surface area (Å²) in [6.07, 6.45) is -1.36. The molecule has 0 bridgehead atoms. The van der Waals surface area contributed by atoms with Gasteiger partial charge in [-0.05, 0) is 33.2 Å². The van der Waals surface area contributed by atoms with E-state index in [-0.39, 0.29) is 6.42 Å². The third kappa shape index (κ3) is 8.74. The van der Waals surface area contributed by atoms with E-state index in [0.717, 1.165) is 0 Å². The Kier molecular flexibility index (Phi) is 10.1. The van der Waals surface area contributed by atoms with E-state index >= 15 is 0 Å². The number of nitrogens with one attached hydrogen (secondary N) is 3. The number of rotatable bonds is 11. The van der Waals surface area contributed by atoms with Crippen molar-refractivity contribution < 1.29 is 24.6 Å². The van der Waals surface area contributed by atoms with Crippen LogP contribution in [0.25, 0.3) is 0 Å². The molecule has 24 heavy (non-hydrogen) atoms. The highest BCUT2D eigenvalue weighted by molar-refractivity contribution is 5.91. The van der Waals surface area contributed by atoms with E-state index in [1.165, 1.54) is 13.8 Å². The molecule has 11 N–H and O–H groups in total. The number of carbonyl (C=O) groups is 3. The molecule has 0 aromatic carbocycles. The van der Waals surface area contributed by atoms with Crippen molar-refractivity contribution in [2.45, 2.75) is 57.2 Å². The van der Waals surface area contributed by atoms with Crippen LogP contribution in [0, 0.1) is 0 Å². The summed E-state index contributed by atoms with van der Waals surface area (Å²) in [5.74, 6) is -2.66. The van der Waals surface area contributed by atoms with Crippen LogP contribution in [0.15, 0.2) is 0 Å². The Morgan fingerprint density at radius 3 is 2.04 bits per heavy atom. The number of aliphatic hydroxyl groups excluding tert-OH is 1. The van der Waals surface area contributed by atoms with Gasteiger partial charge in [-0.25, -0.2) is 4.79 Å². The molecular weight excluding hydrogens is 320 g/mol. The summed E-state index contributed by atoms with van der Waals surface area (Å²) in [7, 11) is 0. The zero-order valence-electron chi connectivity index (χ0n) is 13.9. The van der Waals surface area contributed by atoms with Crippen molar-refractivity contribution in [1.29, 1.82) is 0 Å². The molecule has 0 saturated carbocycles. The second kappa shape index (κ2) is 10.9. The lowest BCUT2D eigenvalue weighted by atomic mass is 10.1. The molecule has 4 atom stereocenters. The van der Waals surface area contributed by atoms with Crippen molar-refractivity contribution in [2.75, 3.05) is 6.54 Å². The fourth-order valence-corrected chi connectivity index (χ4v) is 1.79. The standard InChI is InChI=1S/C13H28N6O5/c1-6(14)10(21)18-8(4-3-5-17-13(15)16)11(22)19-9(7(2)20)12(23)24/h6-9,13,17,20H,3-5,14-16H2,1-2H3,(H,18,21)(H,19,22)(H,23,24)/t6-,7+,8-,9-/m0/s1. The molecule has 0 aromatic heterocycles. The van der Waals surface area contributed by atoms with E-state index in [0.29, 0.717) is 13.0 Å². The van der Waals surface area contributed by atoms with Gasteiger partial charge in [-0.15, -0.1) is 0 Å². The van der Waals surface area contributed by atoms with Gasteiger partial charge >= 0.3 is 5.97 Å². The molecule has 0 aliphatic carbocycles. The number of nitrogens with two attached hydrogens (primary N) is 3. The number of carbonyl (C=O) groups excluding carboxylic acids is 2. The predicted octanol–water partition coefficient (Wildman–Crippen LogP) is -3.66. The molecule has 0 radical (unpaired) electrons. The first-order chi connectivity index (χ1) is 11.1. The van der Waals surface area contributed by atoms with E-state index in [1.54, 1.807) is 0 Å². The molecule has 0 saturated heterocycles. The van der Waals surface area contributed by atoms with Gasteiger partial charge in [-0.3, -0.25) is 14.9 Å². The fourth-order valence-electron chi connectivity index (χ4n) is 1.79. The van der Waals surface area contributed by atoms with Crippen molar-refractivity contribution in [3.05, 3.63) is 0 Å². The van der Waals surface area contributed by atoms with Crippen molar-refractivity contribution in [2.24, 2.45) is 17.2 Å². The Morgan fingerprint density at radius 2 is 1.62 bits per heavy atom. The second-order valence-corrected chi connectivity index (χ2v) is 5.54. The minimum absolute atomic E-state index is 0.205. The van der Waals surface area contributed by atoms with Gasteiger partial charge in [0, 0.05) is 0 Å². The Bertz CT molecular complexity index is 429. The number of hydrogen-bond donors (Lipinski definition) is 8. The zero-order valence-corrected chi connectivity index (χ0v) is 13.9. The van der Waals surface area contributed by atoms with Crippen LogP contribution in [0.5, 0.6) is 0 Å². The molecule has 2 amide bonds. The maximum absolute atomic E-state index is 12.2. The van der Waals surface area contributed by atoms with Gasteiger partial charge in [0.25, 0.3) is 0 Å². The fraction of sp³-hybridized carbons (Fsp3) is 0.769. The Labute approximate surface area is 140 Å². The van der Waals surface area contributed by atoms with Gasteiger partial charge in [-0.2, -0.15) is 0 Å². The molecule has 0 spiro atoms. The average Bonchev–Trinajstić information content (AvgIpc) is 2.46. The highest BCUT2D eigenvalue weighted by Gasteiger charge is 2.29. The summed E-state index contributed by atoms with van der Waals surface area (Å²) in [4.78, 5) is 35.0. The maximum atomic E-state index is 12.2. The highest BCUT2D eigenvalue weighted by Crippen LogP contribution is 2.01. The Hall–Kier alpha value is -1.79. The zero-order chi connectivity index (χ0) is 18.9. The molecule has 11 heteroatoms. The monoisotopic (exact) mass is 348 g/mol. The van der Waals surface area contributed by atoms with Crippen molar-refractivity contribution in [3.63, 3.8) is 0 Å². The topological polar surface area (TPSA) is 206 Å². The molecule has 0 unspecified atom stereocenters. The van der Waals surface area contributed by atoms with E-state index < -0.39 is 48.3 Å². The molecule has 0 aliphatic heterocycles.